The molecule has 2 heterocycles. The number of halogens is 1. The molecule has 3 rings (SSSR count). The smallest absolute Gasteiger partial charge is 0.191 e. The average Bonchev–Trinajstić information content (AvgIpc) is 3.27. The Kier molecular flexibility index (Phi) is 9.59. The van der Waals surface area contributed by atoms with Gasteiger partial charge in [-0.3, -0.25) is 4.99 Å². The monoisotopic (exact) mass is 524 g/mol. The Hall–Kier alpha value is -1.94. The fourth-order valence-corrected chi connectivity index (χ4v) is 3.87. The maximum atomic E-state index is 4.58. The number of thiazole rings is 1. The van der Waals surface area contributed by atoms with Crippen LogP contribution in [0.2, 0.25) is 0 Å². The number of aryl methyl sites for hydroxylation is 2. The number of nitrogens with one attached hydrogen (secondary N) is 2. The van der Waals surface area contributed by atoms with Crippen molar-refractivity contribution in [3.8, 4) is 0 Å². The van der Waals surface area contributed by atoms with Crippen molar-refractivity contribution in [3.63, 3.8) is 0 Å². The third-order valence-corrected chi connectivity index (χ3v) is 5.70. The summed E-state index contributed by atoms with van der Waals surface area (Å²) in [5.41, 5.74) is 2.41. The van der Waals surface area contributed by atoms with Gasteiger partial charge in [-0.25, -0.2) is 9.97 Å². The molecular weight excluding hydrogens is 495 g/mol. The van der Waals surface area contributed by atoms with E-state index in [0.717, 1.165) is 50.0 Å². The predicted molar refractivity (Wildman–Crippen MR) is 132 cm³/mol. The molecule has 0 saturated heterocycles. The topological polar surface area (TPSA) is 67.1 Å². The molecule has 29 heavy (non-hydrogen) atoms. The molecule has 2 aromatic heterocycles. The molecule has 0 aliphatic rings. The van der Waals surface area contributed by atoms with Crippen LogP contribution in [0, 0.1) is 13.8 Å². The first-order valence-electron chi connectivity index (χ1n) is 9.57. The summed E-state index contributed by atoms with van der Waals surface area (Å²) in [4.78, 5) is 14.7. The molecule has 0 radical (unpaired) electrons. The summed E-state index contributed by atoms with van der Waals surface area (Å²) in [6.07, 6.45) is 5.64. The molecule has 2 N–H and O–H groups in total. The van der Waals surface area contributed by atoms with Crippen molar-refractivity contribution in [1.82, 2.24) is 25.2 Å². The lowest BCUT2D eigenvalue weighted by atomic mass is 10.2. The molecule has 0 atom stereocenters. The summed E-state index contributed by atoms with van der Waals surface area (Å²) in [7, 11) is 1.80. The van der Waals surface area contributed by atoms with Crippen LogP contribution in [-0.4, -0.2) is 40.6 Å². The van der Waals surface area contributed by atoms with Crippen molar-refractivity contribution in [1.29, 1.82) is 0 Å². The van der Waals surface area contributed by atoms with Crippen LogP contribution >= 0.6 is 35.3 Å². The lowest BCUT2D eigenvalue weighted by Crippen LogP contribution is -2.39. The van der Waals surface area contributed by atoms with E-state index in [2.05, 4.69) is 68.3 Å². The van der Waals surface area contributed by atoms with Gasteiger partial charge in [0.1, 0.15) is 5.82 Å². The molecular formula is C21H29IN6S. The second kappa shape index (κ2) is 11.9. The number of nitrogens with zero attached hydrogens (tertiary/aromatic N) is 4. The number of benzene rings is 1. The molecule has 0 aliphatic heterocycles. The molecule has 6 nitrogen and oxygen atoms in total. The van der Waals surface area contributed by atoms with Gasteiger partial charge in [0, 0.05) is 56.8 Å². The zero-order chi connectivity index (χ0) is 19.8. The number of aliphatic imine (C=N–C) groups is 1. The minimum Gasteiger partial charge on any atom is -0.356 e. The van der Waals surface area contributed by atoms with Crippen molar-refractivity contribution >= 4 is 41.3 Å². The summed E-state index contributed by atoms with van der Waals surface area (Å²) in [5, 5.41) is 7.90. The standard InChI is InChI=1S/C21H28N6S.HI/c1-16-17(2)28-20(26-16)10-12-25-21(22-3)24-11-9-19-23-13-14-27(19)15-18-7-5-4-6-8-18;/h4-8,13-14H,9-12,15H2,1-3H3,(H2,22,24,25);1H. The summed E-state index contributed by atoms with van der Waals surface area (Å²) >= 11 is 1.77. The molecule has 156 valence electrons. The Morgan fingerprint density at radius 3 is 2.48 bits per heavy atom. The van der Waals surface area contributed by atoms with Crippen LogP contribution in [0.1, 0.15) is 27.0 Å². The third kappa shape index (κ3) is 7.11. The van der Waals surface area contributed by atoms with Crippen molar-refractivity contribution in [2.75, 3.05) is 20.1 Å². The Balaban J connectivity index is 0.00000300. The first-order valence-corrected chi connectivity index (χ1v) is 10.4. The van der Waals surface area contributed by atoms with Gasteiger partial charge in [0.15, 0.2) is 5.96 Å². The Morgan fingerprint density at radius 2 is 1.83 bits per heavy atom. The van der Waals surface area contributed by atoms with E-state index >= 15 is 0 Å². The number of rotatable bonds is 8. The SMILES string of the molecule is CN=C(NCCc1nc(C)c(C)s1)NCCc1nccn1Cc1ccccc1.I. The van der Waals surface area contributed by atoms with E-state index in [1.54, 1.807) is 18.4 Å². The van der Waals surface area contributed by atoms with Gasteiger partial charge in [-0.2, -0.15) is 0 Å². The normalized spacial score (nSPS) is 11.2. The van der Waals surface area contributed by atoms with Crippen LogP contribution in [0.4, 0.5) is 0 Å². The van der Waals surface area contributed by atoms with Crippen molar-refractivity contribution in [2.45, 2.75) is 33.2 Å². The fraction of sp³-hybridized carbons (Fsp3) is 0.381. The van der Waals surface area contributed by atoms with Gasteiger partial charge >= 0.3 is 0 Å². The van der Waals surface area contributed by atoms with E-state index < -0.39 is 0 Å². The maximum Gasteiger partial charge on any atom is 0.191 e. The quantitative estimate of drug-likeness (QED) is 0.269. The van der Waals surface area contributed by atoms with Gasteiger partial charge in [0.2, 0.25) is 0 Å². The highest BCUT2D eigenvalue weighted by Crippen LogP contribution is 2.16. The summed E-state index contributed by atoms with van der Waals surface area (Å²) in [6, 6.07) is 10.4. The number of hydrogen-bond acceptors (Lipinski definition) is 4. The van der Waals surface area contributed by atoms with Crippen LogP contribution < -0.4 is 10.6 Å². The molecule has 1 aromatic carbocycles. The average molecular weight is 524 g/mol. The minimum atomic E-state index is 0. The summed E-state index contributed by atoms with van der Waals surface area (Å²) < 4.78 is 2.19. The number of aromatic nitrogens is 3. The van der Waals surface area contributed by atoms with E-state index in [1.807, 2.05) is 18.5 Å². The lowest BCUT2D eigenvalue weighted by molar-refractivity contribution is 0.693. The van der Waals surface area contributed by atoms with Gasteiger partial charge in [-0.1, -0.05) is 30.3 Å². The zero-order valence-electron chi connectivity index (χ0n) is 17.2. The highest BCUT2D eigenvalue weighted by molar-refractivity contribution is 14.0. The molecule has 8 heteroatoms. The highest BCUT2D eigenvalue weighted by Gasteiger charge is 2.06. The third-order valence-electron chi connectivity index (χ3n) is 4.57. The van der Waals surface area contributed by atoms with Crippen molar-refractivity contribution in [3.05, 3.63) is 69.7 Å². The van der Waals surface area contributed by atoms with Gasteiger partial charge in [-0.15, -0.1) is 35.3 Å². The second-order valence-corrected chi connectivity index (χ2v) is 7.92. The molecule has 0 aliphatic carbocycles. The number of hydrogen-bond donors (Lipinski definition) is 2. The largest absolute Gasteiger partial charge is 0.356 e. The van der Waals surface area contributed by atoms with Crippen LogP contribution in [0.15, 0.2) is 47.7 Å². The molecule has 0 bridgehead atoms. The predicted octanol–water partition coefficient (Wildman–Crippen LogP) is 3.57. The maximum absolute atomic E-state index is 4.58. The van der Waals surface area contributed by atoms with Crippen molar-refractivity contribution < 1.29 is 0 Å². The molecule has 0 spiro atoms. The first kappa shape index (κ1) is 23.3. The van der Waals surface area contributed by atoms with E-state index in [4.69, 9.17) is 0 Å². The zero-order valence-corrected chi connectivity index (χ0v) is 20.3. The van der Waals surface area contributed by atoms with Crippen LogP contribution in [0.25, 0.3) is 0 Å². The molecule has 0 amide bonds. The van der Waals surface area contributed by atoms with Crippen LogP contribution in [-0.2, 0) is 19.4 Å². The highest BCUT2D eigenvalue weighted by atomic mass is 127. The van der Waals surface area contributed by atoms with Gasteiger partial charge in [0.05, 0.1) is 10.7 Å². The lowest BCUT2D eigenvalue weighted by Gasteiger charge is -2.12. The number of imidazole rings is 1. The summed E-state index contributed by atoms with van der Waals surface area (Å²) in [5.74, 6) is 1.88. The minimum absolute atomic E-state index is 0. The molecule has 0 saturated carbocycles. The Morgan fingerprint density at radius 1 is 1.10 bits per heavy atom. The Bertz CT molecular complexity index is 884. The Labute approximate surface area is 193 Å². The fourth-order valence-electron chi connectivity index (χ4n) is 2.94. The van der Waals surface area contributed by atoms with E-state index in [1.165, 1.54) is 15.4 Å². The van der Waals surface area contributed by atoms with Gasteiger partial charge in [0.25, 0.3) is 0 Å². The number of guanidine groups is 1. The summed E-state index contributed by atoms with van der Waals surface area (Å²) in [6.45, 7) is 6.61. The molecule has 0 unspecified atom stereocenters. The first-order chi connectivity index (χ1) is 13.7. The van der Waals surface area contributed by atoms with Crippen molar-refractivity contribution in [2.24, 2.45) is 4.99 Å². The van der Waals surface area contributed by atoms with Gasteiger partial charge in [-0.05, 0) is 19.4 Å². The van der Waals surface area contributed by atoms with E-state index in [0.29, 0.717) is 0 Å². The van der Waals surface area contributed by atoms with Crippen LogP contribution in [0.5, 0.6) is 0 Å². The molecule has 3 aromatic rings. The van der Waals surface area contributed by atoms with Crippen LogP contribution in [0.3, 0.4) is 0 Å². The molecule has 0 fully saturated rings. The van der Waals surface area contributed by atoms with E-state index in [-0.39, 0.29) is 24.0 Å². The van der Waals surface area contributed by atoms with E-state index in [9.17, 15) is 0 Å². The van der Waals surface area contributed by atoms with Gasteiger partial charge < -0.3 is 15.2 Å². The second-order valence-electron chi connectivity index (χ2n) is 6.63.